The largest absolute Gasteiger partial charge is 0.348 e. The Balaban J connectivity index is 1.59. The molecule has 142 valence electrons. The van der Waals surface area contributed by atoms with E-state index >= 15 is 0 Å². The van der Waals surface area contributed by atoms with Crippen LogP contribution in [0.3, 0.4) is 0 Å². The molecular weight excluding hydrogens is 352 g/mol. The van der Waals surface area contributed by atoms with Gasteiger partial charge in [0.1, 0.15) is 5.82 Å². The van der Waals surface area contributed by atoms with Crippen molar-refractivity contribution < 1.29 is 18.4 Å². The Morgan fingerprint density at radius 1 is 1.19 bits per heavy atom. The van der Waals surface area contributed by atoms with Crippen molar-refractivity contribution in [3.8, 4) is 0 Å². The van der Waals surface area contributed by atoms with Crippen molar-refractivity contribution >= 4 is 17.6 Å². The van der Waals surface area contributed by atoms with E-state index in [0.717, 1.165) is 25.3 Å². The van der Waals surface area contributed by atoms with Gasteiger partial charge in [-0.05, 0) is 43.0 Å². The number of carbonyl (C=O) groups is 2. The van der Waals surface area contributed by atoms with E-state index in [1.165, 1.54) is 12.3 Å². The third-order valence-corrected chi connectivity index (χ3v) is 4.18. The third-order valence-electron chi connectivity index (χ3n) is 4.18. The Hall–Kier alpha value is -2.83. The zero-order valence-electron chi connectivity index (χ0n) is 15.0. The number of hydrogen-bond donors (Lipinski definition) is 2. The Kier molecular flexibility index (Phi) is 5.48. The highest BCUT2D eigenvalue weighted by molar-refractivity contribution is 5.97. The zero-order valence-corrected chi connectivity index (χ0v) is 15.0. The summed E-state index contributed by atoms with van der Waals surface area (Å²) in [4.78, 5) is 28.2. The molecule has 0 saturated heterocycles. The number of rotatable bonds is 7. The molecule has 0 atom stereocenters. The van der Waals surface area contributed by atoms with Crippen molar-refractivity contribution in [1.82, 2.24) is 10.3 Å². The minimum absolute atomic E-state index is 0.0482. The number of pyridine rings is 1. The number of aromatic nitrogens is 1. The normalized spacial score (nSPS) is 13.9. The Labute approximate surface area is 156 Å². The van der Waals surface area contributed by atoms with Gasteiger partial charge in [0.2, 0.25) is 11.8 Å². The quantitative estimate of drug-likeness (QED) is 0.780. The smallest absolute Gasteiger partial charge is 0.251 e. The highest BCUT2D eigenvalue weighted by atomic mass is 19.3. The summed E-state index contributed by atoms with van der Waals surface area (Å²) in [5.74, 6) is -2.80. The number of amides is 2. The first-order chi connectivity index (χ1) is 12.8. The van der Waals surface area contributed by atoms with Gasteiger partial charge in [-0.1, -0.05) is 24.3 Å². The van der Waals surface area contributed by atoms with Gasteiger partial charge in [0.25, 0.3) is 5.91 Å². The third kappa shape index (κ3) is 5.84. The van der Waals surface area contributed by atoms with Crippen molar-refractivity contribution in [1.29, 1.82) is 0 Å². The van der Waals surface area contributed by atoms with Gasteiger partial charge in [-0.25, -0.2) is 13.8 Å². The molecule has 0 aliphatic heterocycles. The van der Waals surface area contributed by atoms with Gasteiger partial charge >= 0.3 is 0 Å². The van der Waals surface area contributed by atoms with Crippen LogP contribution in [0.25, 0.3) is 0 Å². The van der Waals surface area contributed by atoms with Gasteiger partial charge in [-0.15, -0.1) is 0 Å². The lowest BCUT2D eigenvalue weighted by atomic mass is 10.1. The second-order valence-electron chi connectivity index (χ2n) is 6.94. The number of halogens is 2. The Morgan fingerprint density at radius 3 is 2.63 bits per heavy atom. The summed E-state index contributed by atoms with van der Waals surface area (Å²) in [6.45, 7) is 1.10. The maximum atomic E-state index is 13.2. The van der Waals surface area contributed by atoms with Crippen LogP contribution in [0.5, 0.6) is 0 Å². The molecule has 1 saturated carbocycles. The molecular formula is C20H21F2N3O2. The van der Waals surface area contributed by atoms with Gasteiger partial charge in [-0.3, -0.25) is 9.59 Å². The maximum Gasteiger partial charge on any atom is 0.251 e. The predicted octanol–water partition coefficient (Wildman–Crippen LogP) is 3.56. The van der Waals surface area contributed by atoms with Crippen LogP contribution >= 0.6 is 0 Å². The van der Waals surface area contributed by atoms with Gasteiger partial charge in [0.15, 0.2) is 0 Å². The first-order valence-corrected chi connectivity index (χ1v) is 8.81. The fourth-order valence-electron chi connectivity index (χ4n) is 2.71. The lowest BCUT2D eigenvalue weighted by Crippen LogP contribution is -2.23. The van der Waals surface area contributed by atoms with Crippen LogP contribution in [0.15, 0.2) is 42.6 Å². The van der Waals surface area contributed by atoms with Crippen LogP contribution in [0, 0.1) is 5.92 Å². The van der Waals surface area contributed by atoms with Crippen LogP contribution in [0.4, 0.5) is 14.6 Å². The minimum atomic E-state index is -2.78. The Bertz CT molecular complexity index is 845. The maximum absolute atomic E-state index is 13.2. The van der Waals surface area contributed by atoms with Crippen molar-refractivity contribution in [3.05, 3.63) is 59.3 Å². The molecule has 1 aromatic carbocycles. The number of carbonyl (C=O) groups excluding carboxylic acids is 2. The van der Waals surface area contributed by atoms with E-state index in [0.29, 0.717) is 16.9 Å². The van der Waals surface area contributed by atoms with Gasteiger partial charge < -0.3 is 10.6 Å². The number of anilines is 1. The highest BCUT2D eigenvalue weighted by Gasteiger charge is 2.29. The molecule has 1 aliphatic carbocycles. The fraction of sp³-hybridized carbons (Fsp3) is 0.350. The molecule has 1 aromatic heterocycles. The second-order valence-corrected chi connectivity index (χ2v) is 6.94. The minimum Gasteiger partial charge on any atom is -0.348 e. The van der Waals surface area contributed by atoms with Crippen molar-refractivity contribution in [2.45, 2.75) is 38.7 Å². The topological polar surface area (TPSA) is 71.1 Å². The molecule has 3 rings (SSSR count). The number of hydrogen-bond acceptors (Lipinski definition) is 3. The summed E-state index contributed by atoms with van der Waals surface area (Å²) in [5, 5.41) is 5.46. The van der Waals surface area contributed by atoms with Crippen molar-refractivity contribution in [2.24, 2.45) is 5.92 Å². The summed E-state index contributed by atoms with van der Waals surface area (Å²) in [6.07, 6.45) is 2.88. The molecule has 0 spiro atoms. The van der Waals surface area contributed by atoms with Crippen LogP contribution in [0.1, 0.15) is 41.3 Å². The van der Waals surface area contributed by atoms with Crippen LogP contribution in [-0.2, 0) is 17.8 Å². The van der Waals surface area contributed by atoms with E-state index < -0.39 is 5.92 Å². The van der Waals surface area contributed by atoms with E-state index in [9.17, 15) is 18.4 Å². The molecule has 2 aromatic rings. The molecule has 1 heterocycles. The summed E-state index contributed by atoms with van der Waals surface area (Å²) >= 11 is 0. The van der Waals surface area contributed by atoms with Crippen LogP contribution in [-0.4, -0.2) is 22.7 Å². The highest BCUT2D eigenvalue weighted by Crippen LogP contribution is 2.30. The number of benzene rings is 1. The summed E-state index contributed by atoms with van der Waals surface area (Å²) in [7, 11) is 0. The van der Waals surface area contributed by atoms with E-state index in [2.05, 4.69) is 15.6 Å². The summed E-state index contributed by atoms with van der Waals surface area (Å²) < 4.78 is 26.3. The SMILES string of the molecule is CC(F)(F)Cc1cccc(CNC(=O)c2ccnc(NC(=O)C3CC3)c2)c1. The average molecular weight is 373 g/mol. The molecule has 5 nitrogen and oxygen atoms in total. The molecule has 1 aliphatic rings. The molecule has 27 heavy (non-hydrogen) atoms. The molecule has 2 N–H and O–H groups in total. The fourth-order valence-corrected chi connectivity index (χ4v) is 2.71. The van der Waals surface area contributed by atoms with E-state index in [-0.39, 0.29) is 30.7 Å². The molecule has 0 unspecified atom stereocenters. The van der Waals surface area contributed by atoms with Gasteiger partial charge in [0, 0.05) is 30.6 Å². The number of nitrogens with zero attached hydrogens (tertiary/aromatic N) is 1. The number of nitrogens with one attached hydrogen (secondary N) is 2. The predicted molar refractivity (Wildman–Crippen MR) is 97.5 cm³/mol. The van der Waals surface area contributed by atoms with E-state index in [1.54, 1.807) is 30.3 Å². The zero-order chi connectivity index (χ0) is 19.4. The number of alkyl halides is 2. The molecule has 7 heteroatoms. The Morgan fingerprint density at radius 2 is 1.93 bits per heavy atom. The summed E-state index contributed by atoms with van der Waals surface area (Å²) in [6, 6.07) is 9.83. The van der Waals surface area contributed by atoms with Crippen LogP contribution in [0.2, 0.25) is 0 Å². The molecule has 0 bridgehead atoms. The first-order valence-electron chi connectivity index (χ1n) is 8.81. The van der Waals surface area contributed by atoms with E-state index in [1.807, 2.05) is 0 Å². The summed E-state index contributed by atoms with van der Waals surface area (Å²) in [5.41, 5.74) is 1.62. The second kappa shape index (κ2) is 7.82. The standard InChI is InChI=1S/C20H21F2N3O2/c1-20(21,22)11-13-3-2-4-14(9-13)12-24-18(26)16-7-8-23-17(10-16)25-19(27)15-5-6-15/h2-4,7-10,15H,5-6,11-12H2,1H3,(H,24,26)(H,23,25,27). The monoisotopic (exact) mass is 373 g/mol. The van der Waals surface area contributed by atoms with Gasteiger partial charge in [0.05, 0.1) is 0 Å². The molecule has 0 radical (unpaired) electrons. The van der Waals surface area contributed by atoms with Crippen LogP contribution < -0.4 is 10.6 Å². The molecule has 1 fully saturated rings. The average Bonchev–Trinajstić information content (AvgIpc) is 3.44. The lowest BCUT2D eigenvalue weighted by molar-refractivity contribution is -0.117. The van der Waals surface area contributed by atoms with Gasteiger partial charge in [-0.2, -0.15) is 0 Å². The molecule has 2 amide bonds. The van der Waals surface area contributed by atoms with Crippen molar-refractivity contribution in [3.63, 3.8) is 0 Å². The lowest BCUT2D eigenvalue weighted by Gasteiger charge is -2.12. The van der Waals surface area contributed by atoms with Crippen molar-refractivity contribution in [2.75, 3.05) is 5.32 Å². The van der Waals surface area contributed by atoms with E-state index in [4.69, 9.17) is 0 Å². The first kappa shape index (κ1) is 18.9.